The number of anilines is 1. The summed E-state index contributed by atoms with van der Waals surface area (Å²) in [5.74, 6) is 0.459. The lowest BCUT2D eigenvalue weighted by Gasteiger charge is -2.13. The second-order valence-electron chi connectivity index (χ2n) is 4.53. The van der Waals surface area contributed by atoms with Crippen LogP contribution in [0.25, 0.3) is 0 Å². The summed E-state index contributed by atoms with van der Waals surface area (Å²) in [4.78, 5) is 18.3. The molecular weight excluding hydrogens is 252 g/mol. The van der Waals surface area contributed by atoms with Gasteiger partial charge in [0.25, 0.3) is 5.91 Å². The van der Waals surface area contributed by atoms with Crippen LogP contribution >= 0.6 is 11.6 Å². The fourth-order valence-electron chi connectivity index (χ4n) is 2.07. The highest BCUT2D eigenvalue weighted by Gasteiger charge is 2.21. The van der Waals surface area contributed by atoms with Gasteiger partial charge in [0, 0.05) is 25.8 Å². The van der Waals surface area contributed by atoms with E-state index >= 15 is 0 Å². The van der Waals surface area contributed by atoms with E-state index in [0.717, 1.165) is 19.5 Å². The molecule has 1 fully saturated rings. The van der Waals surface area contributed by atoms with Crippen molar-refractivity contribution < 1.29 is 4.79 Å². The minimum absolute atomic E-state index is 0.118. The van der Waals surface area contributed by atoms with Crippen molar-refractivity contribution in [2.45, 2.75) is 12.5 Å². The van der Waals surface area contributed by atoms with Gasteiger partial charge in [0.15, 0.2) is 0 Å². The quantitative estimate of drug-likeness (QED) is 0.865. The van der Waals surface area contributed by atoms with Crippen LogP contribution in [0.1, 0.15) is 16.8 Å². The van der Waals surface area contributed by atoms with Gasteiger partial charge in [-0.05, 0) is 26.1 Å². The normalized spacial score (nSPS) is 19.8. The second-order valence-corrected chi connectivity index (χ2v) is 4.93. The molecule has 0 spiro atoms. The molecular formula is C12H17ClN4O. The van der Waals surface area contributed by atoms with E-state index in [4.69, 9.17) is 11.6 Å². The van der Waals surface area contributed by atoms with Crippen LogP contribution in [-0.2, 0) is 0 Å². The predicted molar refractivity (Wildman–Crippen MR) is 72.2 cm³/mol. The highest BCUT2D eigenvalue weighted by molar-refractivity contribution is 6.33. The van der Waals surface area contributed by atoms with Crippen LogP contribution in [0.5, 0.6) is 0 Å². The van der Waals surface area contributed by atoms with Crippen molar-refractivity contribution in [3.8, 4) is 0 Å². The molecule has 2 N–H and O–H groups in total. The summed E-state index contributed by atoms with van der Waals surface area (Å²) in [6.07, 6.45) is 2.52. The van der Waals surface area contributed by atoms with E-state index in [1.54, 1.807) is 13.1 Å². The van der Waals surface area contributed by atoms with Gasteiger partial charge in [-0.15, -0.1) is 0 Å². The number of likely N-dealkylation sites (N-methyl/N-ethyl adjacent to an activating group) is 1. The lowest BCUT2D eigenvalue weighted by molar-refractivity contribution is 0.0938. The molecule has 1 aromatic heterocycles. The highest BCUT2D eigenvalue weighted by Crippen LogP contribution is 2.19. The molecule has 2 rings (SSSR count). The molecule has 1 amide bonds. The molecule has 0 aromatic carbocycles. The Bertz CT molecular complexity index is 452. The summed E-state index contributed by atoms with van der Waals surface area (Å²) in [6.45, 7) is 1.91. The Kier molecular flexibility index (Phi) is 4.04. The molecule has 0 aliphatic carbocycles. The zero-order chi connectivity index (χ0) is 13.1. The average Bonchev–Trinajstić information content (AvgIpc) is 2.74. The Morgan fingerprint density at radius 1 is 1.61 bits per heavy atom. The van der Waals surface area contributed by atoms with Crippen molar-refractivity contribution in [2.24, 2.45) is 0 Å². The van der Waals surface area contributed by atoms with Gasteiger partial charge in [0.1, 0.15) is 5.82 Å². The molecule has 5 nitrogen and oxygen atoms in total. The number of hydrogen-bond acceptors (Lipinski definition) is 4. The summed E-state index contributed by atoms with van der Waals surface area (Å²) in [5, 5.41) is 6.30. The Morgan fingerprint density at radius 2 is 2.39 bits per heavy atom. The molecule has 1 atom stereocenters. The smallest absolute Gasteiger partial charge is 0.253 e. The number of carbonyl (C=O) groups is 1. The molecule has 1 unspecified atom stereocenters. The summed E-state index contributed by atoms with van der Waals surface area (Å²) in [6, 6.07) is 1.85. The SMILES string of the molecule is CNc1ncc(C(=O)NC2CCN(C)C2)cc1Cl. The first-order valence-corrected chi connectivity index (χ1v) is 6.30. The van der Waals surface area contributed by atoms with Crippen molar-refractivity contribution in [3.63, 3.8) is 0 Å². The summed E-state index contributed by atoms with van der Waals surface area (Å²) < 4.78 is 0. The lowest BCUT2D eigenvalue weighted by atomic mass is 10.2. The third-order valence-electron chi connectivity index (χ3n) is 3.07. The minimum Gasteiger partial charge on any atom is -0.372 e. The van der Waals surface area contributed by atoms with Crippen LogP contribution in [0.3, 0.4) is 0 Å². The molecule has 1 aromatic rings. The Labute approximate surface area is 112 Å². The average molecular weight is 269 g/mol. The number of hydrogen-bond donors (Lipinski definition) is 2. The number of nitrogens with one attached hydrogen (secondary N) is 2. The van der Waals surface area contributed by atoms with Gasteiger partial charge < -0.3 is 15.5 Å². The zero-order valence-corrected chi connectivity index (χ0v) is 11.3. The Balaban J connectivity index is 2.02. The van der Waals surface area contributed by atoms with Gasteiger partial charge in [-0.2, -0.15) is 0 Å². The van der Waals surface area contributed by atoms with E-state index in [1.807, 2.05) is 7.05 Å². The summed E-state index contributed by atoms with van der Waals surface area (Å²) >= 11 is 6.00. The number of amides is 1. The molecule has 0 radical (unpaired) electrons. The van der Waals surface area contributed by atoms with E-state index in [9.17, 15) is 4.79 Å². The maximum Gasteiger partial charge on any atom is 0.253 e. The van der Waals surface area contributed by atoms with E-state index in [2.05, 4.69) is 20.5 Å². The lowest BCUT2D eigenvalue weighted by Crippen LogP contribution is -2.36. The molecule has 6 heteroatoms. The van der Waals surface area contributed by atoms with Crippen LogP contribution in [0, 0.1) is 0 Å². The van der Waals surface area contributed by atoms with E-state index < -0.39 is 0 Å². The predicted octanol–water partition coefficient (Wildman–Crippen LogP) is 1.21. The summed E-state index contributed by atoms with van der Waals surface area (Å²) in [5.41, 5.74) is 0.494. The number of nitrogens with zero attached hydrogens (tertiary/aromatic N) is 2. The number of likely N-dealkylation sites (tertiary alicyclic amines) is 1. The maximum atomic E-state index is 12.0. The first-order valence-electron chi connectivity index (χ1n) is 5.93. The van der Waals surface area contributed by atoms with Crippen molar-refractivity contribution in [1.29, 1.82) is 0 Å². The zero-order valence-electron chi connectivity index (χ0n) is 10.5. The fourth-order valence-corrected chi connectivity index (χ4v) is 2.33. The molecule has 18 heavy (non-hydrogen) atoms. The third-order valence-corrected chi connectivity index (χ3v) is 3.35. The Morgan fingerprint density at radius 3 is 2.94 bits per heavy atom. The van der Waals surface area contributed by atoms with Gasteiger partial charge in [-0.3, -0.25) is 4.79 Å². The second kappa shape index (κ2) is 5.54. The molecule has 1 aliphatic heterocycles. The van der Waals surface area contributed by atoms with Gasteiger partial charge in [0.2, 0.25) is 0 Å². The largest absolute Gasteiger partial charge is 0.372 e. The molecule has 0 bridgehead atoms. The van der Waals surface area contributed by atoms with E-state index in [0.29, 0.717) is 16.4 Å². The standard InChI is InChI=1S/C12H17ClN4O/c1-14-11-10(13)5-8(6-15-11)12(18)16-9-3-4-17(2)7-9/h5-6,9H,3-4,7H2,1-2H3,(H,14,15)(H,16,18). The van der Waals surface area contributed by atoms with Gasteiger partial charge >= 0.3 is 0 Å². The number of rotatable bonds is 3. The van der Waals surface area contributed by atoms with Crippen LogP contribution in [0.4, 0.5) is 5.82 Å². The maximum absolute atomic E-state index is 12.0. The van der Waals surface area contributed by atoms with Crippen LogP contribution in [0.2, 0.25) is 5.02 Å². The van der Waals surface area contributed by atoms with Crippen LogP contribution in [-0.4, -0.2) is 49.0 Å². The highest BCUT2D eigenvalue weighted by atomic mass is 35.5. The Hall–Kier alpha value is -1.33. The van der Waals surface area contributed by atoms with Gasteiger partial charge in [-0.1, -0.05) is 11.6 Å². The molecule has 2 heterocycles. The minimum atomic E-state index is -0.118. The van der Waals surface area contributed by atoms with E-state index in [1.165, 1.54) is 6.20 Å². The molecule has 0 saturated carbocycles. The number of aromatic nitrogens is 1. The number of halogens is 1. The van der Waals surface area contributed by atoms with Crippen molar-refractivity contribution in [3.05, 3.63) is 22.8 Å². The number of carbonyl (C=O) groups excluding carboxylic acids is 1. The monoisotopic (exact) mass is 268 g/mol. The van der Waals surface area contributed by atoms with Crippen LogP contribution < -0.4 is 10.6 Å². The first kappa shape index (κ1) is 13.1. The fraction of sp³-hybridized carbons (Fsp3) is 0.500. The number of pyridine rings is 1. The van der Waals surface area contributed by atoms with Crippen molar-refractivity contribution in [2.75, 3.05) is 32.5 Å². The third kappa shape index (κ3) is 2.91. The van der Waals surface area contributed by atoms with Crippen molar-refractivity contribution >= 4 is 23.3 Å². The van der Waals surface area contributed by atoms with Gasteiger partial charge in [0.05, 0.1) is 10.6 Å². The summed E-state index contributed by atoms with van der Waals surface area (Å²) in [7, 11) is 3.79. The van der Waals surface area contributed by atoms with Gasteiger partial charge in [-0.25, -0.2) is 4.98 Å². The topological polar surface area (TPSA) is 57.3 Å². The molecule has 1 saturated heterocycles. The molecule has 98 valence electrons. The van der Waals surface area contributed by atoms with Crippen LogP contribution in [0.15, 0.2) is 12.3 Å². The van der Waals surface area contributed by atoms with E-state index in [-0.39, 0.29) is 11.9 Å². The molecule has 1 aliphatic rings. The first-order chi connectivity index (χ1) is 8.60. The van der Waals surface area contributed by atoms with Crippen molar-refractivity contribution in [1.82, 2.24) is 15.2 Å².